The van der Waals surface area contributed by atoms with Gasteiger partial charge in [0, 0.05) is 23.7 Å². The minimum Gasteiger partial charge on any atom is -0.487 e. The number of carboxylic acids is 1. The molecule has 0 unspecified atom stereocenters. The molecule has 0 aliphatic rings. The monoisotopic (exact) mass is 431 g/mol. The number of nitrogens with zero attached hydrogens (tertiary/aromatic N) is 3. The molecule has 0 saturated heterocycles. The second-order valence-electron chi connectivity index (χ2n) is 6.75. The van der Waals surface area contributed by atoms with E-state index >= 15 is 0 Å². The van der Waals surface area contributed by atoms with Gasteiger partial charge < -0.3 is 14.4 Å². The highest BCUT2D eigenvalue weighted by Crippen LogP contribution is 2.25. The molecule has 0 aliphatic heterocycles. The van der Waals surface area contributed by atoms with Gasteiger partial charge in [-0.2, -0.15) is 0 Å². The number of benzene rings is 2. The van der Waals surface area contributed by atoms with Gasteiger partial charge in [-0.05, 0) is 55.5 Å². The molecule has 0 fully saturated rings. The second-order valence-corrected chi connectivity index (χ2v) is 7.59. The lowest BCUT2D eigenvalue weighted by Gasteiger charge is -2.09. The Balaban J connectivity index is 1.60. The van der Waals surface area contributed by atoms with Crippen molar-refractivity contribution in [2.75, 3.05) is 0 Å². The summed E-state index contributed by atoms with van der Waals surface area (Å²) in [6, 6.07) is 20.3. The van der Waals surface area contributed by atoms with Crippen molar-refractivity contribution in [2.24, 2.45) is 4.99 Å². The number of ether oxygens (including phenoxy) is 1. The molecule has 0 aliphatic carbocycles. The summed E-state index contributed by atoms with van der Waals surface area (Å²) in [5.41, 5.74) is 3.93. The van der Waals surface area contributed by atoms with Gasteiger partial charge in [0.05, 0.1) is 22.6 Å². The van der Waals surface area contributed by atoms with Gasteiger partial charge in [0.2, 0.25) is 0 Å². The van der Waals surface area contributed by atoms with E-state index < -0.39 is 5.97 Å². The molecule has 0 atom stereocenters. The average Bonchev–Trinajstić information content (AvgIpc) is 3.21. The average molecular weight is 432 g/mol. The van der Waals surface area contributed by atoms with Crippen molar-refractivity contribution < 1.29 is 14.6 Å². The van der Waals surface area contributed by atoms with Crippen LogP contribution in [0.4, 0.5) is 5.69 Å². The van der Waals surface area contributed by atoms with Crippen molar-refractivity contribution >= 4 is 23.0 Å². The molecule has 4 rings (SSSR count). The molecule has 31 heavy (non-hydrogen) atoms. The van der Waals surface area contributed by atoms with E-state index in [1.54, 1.807) is 41.8 Å². The van der Waals surface area contributed by atoms with Crippen LogP contribution in [-0.2, 0) is 13.2 Å². The van der Waals surface area contributed by atoms with E-state index in [0.717, 1.165) is 34.0 Å². The van der Waals surface area contributed by atoms with E-state index in [0.29, 0.717) is 12.3 Å². The molecule has 2 heterocycles. The van der Waals surface area contributed by atoms with E-state index in [1.807, 2.05) is 42.5 Å². The summed E-state index contributed by atoms with van der Waals surface area (Å²) >= 11 is 1.55. The Morgan fingerprint density at radius 1 is 1.13 bits per heavy atom. The predicted octanol–water partition coefficient (Wildman–Crippen LogP) is 5.14. The standard InChI is InChI=1S/C24H21N3O3S/c1-2-27-22(16-31-24(27)26-19-11-9-17(10-12-19)23(28)29)18-6-5-8-21(14-18)30-15-20-7-3-4-13-25-20/h3-14,16H,2,15H2,1H3,(H,28,29)/b26-24-. The van der Waals surface area contributed by atoms with Crippen LogP contribution in [0.15, 0.2) is 83.3 Å². The van der Waals surface area contributed by atoms with Crippen LogP contribution in [-0.4, -0.2) is 20.6 Å². The molecule has 156 valence electrons. The number of carboxylic acid groups (broad SMARTS) is 1. The molecule has 7 heteroatoms. The fourth-order valence-corrected chi connectivity index (χ4v) is 4.12. The predicted molar refractivity (Wildman–Crippen MR) is 121 cm³/mol. The Bertz CT molecular complexity index is 1250. The number of aromatic nitrogens is 2. The van der Waals surface area contributed by atoms with Crippen molar-refractivity contribution in [1.29, 1.82) is 0 Å². The fraction of sp³-hybridized carbons (Fsp3) is 0.125. The highest BCUT2D eigenvalue weighted by Gasteiger charge is 2.09. The highest BCUT2D eigenvalue weighted by molar-refractivity contribution is 7.07. The van der Waals surface area contributed by atoms with Crippen molar-refractivity contribution in [2.45, 2.75) is 20.1 Å². The number of aromatic carboxylic acids is 1. The Labute approximate surface area is 183 Å². The van der Waals surface area contributed by atoms with Crippen molar-refractivity contribution in [3.05, 3.63) is 94.4 Å². The highest BCUT2D eigenvalue weighted by atomic mass is 32.1. The van der Waals surface area contributed by atoms with E-state index in [1.165, 1.54) is 0 Å². The molecule has 4 aromatic rings. The Kier molecular flexibility index (Phi) is 6.24. The molecule has 2 aromatic heterocycles. The first kappa shape index (κ1) is 20.6. The summed E-state index contributed by atoms with van der Waals surface area (Å²) in [6.07, 6.45) is 1.75. The number of thiazole rings is 1. The smallest absolute Gasteiger partial charge is 0.335 e. The largest absolute Gasteiger partial charge is 0.487 e. The number of carbonyl (C=O) groups is 1. The van der Waals surface area contributed by atoms with Crippen LogP contribution in [0.3, 0.4) is 0 Å². The van der Waals surface area contributed by atoms with Crippen LogP contribution in [0.25, 0.3) is 11.3 Å². The zero-order valence-electron chi connectivity index (χ0n) is 16.9. The Morgan fingerprint density at radius 2 is 1.97 bits per heavy atom. The van der Waals surface area contributed by atoms with Crippen LogP contribution in [0, 0.1) is 0 Å². The van der Waals surface area contributed by atoms with E-state index in [4.69, 9.17) is 14.8 Å². The lowest BCUT2D eigenvalue weighted by Crippen LogP contribution is -2.14. The van der Waals surface area contributed by atoms with Gasteiger partial charge >= 0.3 is 5.97 Å². The van der Waals surface area contributed by atoms with Crippen LogP contribution < -0.4 is 9.54 Å². The van der Waals surface area contributed by atoms with Crippen LogP contribution >= 0.6 is 11.3 Å². The maximum atomic E-state index is 11.0. The summed E-state index contributed by atoms with van der Waals surface area (Å²) in [7, 11) is 0. The Morgan fingerprint density at radius 3 is 2.68 bits per heavy atom. The first-order chi connectivity index (χ1) is 15.1. The van der Waals surface area contributed by atoms with Gasteiger partial charge in [-0.15, -0.1) is 11.3 Å². The number of hydrogen-bond acceptors (Lipinski definition) is 5. The summed E-state index contributed by atoms with van der Waals surface area (Å²) in [4.78, 5) is 20.9. The maximum Gasteiger partial charge on any atom is 0.335 e. The first-order valence-electron chi connectivity index (χ1n) is 9.83. The number of hydrogen-bond donors (Lipinski definition) is 1. The van der Waals surface area contributed by atoms with Crippen LogP contribution in [0.5, 0.6) is 5.75 Å². The maximum absolute atomic E-state index is 11.0. The quantitative estimate of drug-likeness (QED) is 0.439. The molecule has 0 amide bonds. The van der Waals surface area contributed by atoms with E-state index in [-0.39, 0.29) is 5.56 Å². The molecule has 0 bridgehead atoms. The fourth-order valence-electron chi connectivity index (χ4n) is 3.13. The summed E-state index contributed by atoms with van der Waals surface area (Å²) < 4.78 is 8.05. The summed E-state index contributed by atoms with van der Waals surface area (Å²) in [6.45, 7) is 3.24. The molecule has 0 saturated carbocycles. The topological polar surface area (TPSA) is 76.7 Å². The molecule has 0 spiro atoms. The van der Waals surface area contributed by atoms with Crippen LogP contribution in [0.2, 0.25) is 0 Å². The van der Waals surface area contributed by atoms with Crippen LogP contribution in [0.1, 0.15) is 23.0 Å². The van der Waals surface area contributed by atoms with Crippen molar-refractivity contribution in [3.63, 3.8) is 0 Å². The third-order valence-electron chi connectivity index (χ3n) is 4.70. The second kappa shape index (κ2) is 9.40. The molecular weight excluding hydrogens is 410 g/mol. The molecule has 0 radical (unpaired) electrons. The van der Waals surface area contributed by atoms with Gasteiger partial charge in [-0.25, -0.2) is 9.79 Å². The zero-order valence-corrected chi connectivity index (χ0v) is 17.7. The first-order valence-corrected chi connectivity index (χ1v) is 10.7. The van der Waals surface area contributed by atoms with Gasteiger partial charge in [0.25, 0.3) is 0 Å². The zero-order chi connectivity index (χ0) is 21.6. The molecular formula is C24H21N3O3S. The molecule has 1 N–H and O–H groups in total. The minimum atomic E-state index is -0.946. The minimum absolute atomic E-state index is 0.247. The Hall–Kier alpha value is -3.71. The lowest BCUT2D eigenvalue weighted by atomic mass is 10.1. The van der Waals surface area contributed by atoms with Gasteiger partial charge in [-0.3, -0.25) is 4.98 Å². The van der Waals surface area contributed by atoms with E-state index in [9.17, 15) is 4.79 Å². The summed E-state index contributed by atoms with van der Waals surface area (Å²) in [5.74, 6) is -0.168. The number of pyridine rings is 1. The normalized spacial score (nSPS) is 11.5. The SMILES string of the molecule is CCn1c(-c2cccc(OCc3ccccn3)c2)cs/c1=N\c1ccc(C(=O)O)cc1. The third-order valence-corrected chi connectivity index (χ3v) is 5.56. The summed E-state index contributed by atoms with van der Waals surface area (Å²) in [5, 5.41) is 11.1. The van der Waals surface area contributed by atoms with Gasteiger partial charge in [-0.1, -0.05) is 18.2 Å². The van der Waals surface area contributed by atoms with Crippen molar-refractivity contribution in [1.82, 2.24) is 9.55 Å². The molecule has 6 nitrogen and oxygen atoms in total. The van der Waals surface area contributed by atoms with E-state index in [2.05, 4.69) is 21.9 Å². The number of rotatable bonds is 7. The third kappa shape index (κ3) is 4.90. The van der Waals surface area contributed by atoms with Crippen molar-refractivity contribution in [3.8, 4) is 17.0 Å². The molecule has 2 aromatic carbocycles. The van der Waals surface area contributed by atoms with Gasteiger partial charge in [0.15, 0.2) is 4.80 Å². The lowest BCUT2D eigenvalue weighted by molar-refractivity contribution is 0.0697. The van der Waals surface area contributed by atoms with Gasteiger partial charge in [0.1, 0.15) is 12.4 Å².